The minimum absolute atomic E-state index is 0.0689. The van der Waals surface area contributed by atoms with Gasteiger partial charge >= 0.3 is 0 Å². The number of nitrogens with two attached hydrogens (primary N) is 1. The van der Waals surface area contributed by atoms with E-state index in [1.807, 2.05) is 12.1 Å². The van der Waals surface area contributed by atoms with E-state index in [0.717, 1.165) is 29.7 Å². The molecule has 18 heavy (non-hydrogen) atoms. The van der Waals surface area contributed by atoms with Crippen molar-refractivity contribution >= 4 is 11.0 Å². The SMILES string of the molecule is COc1cc2nc(C3(CN)CC3)[nH]c2cc1OC. The first-order valence-electron chi connectivity index (χ1n) is 6.05. The number of ether oxygens (including phenoxy) is 2. The first-order chi connectivity index (χ1) is 8.72. The highest BCUT2D eigenvalue weighted by atomic mass is 16.5. The zero-order valence-electron chi connectivity index (χ0n) is 10.6. The number of hydrogen-bond donors (Lipinski definition) is 2. The summed E-state index contributed by atoms with van der Waals surface area (Å²) in [5.74, 6) is 2.38. The Morgan fingerprint density at radius 1 is 1.28 bits per heavy atom. The monoisotopic (exact) mass is 247 g/mol. The van der Waals surface area contributed by atoms with Crippen molar-refractivity contribution in [1.82, 2.24) is 9.97 Å². The molecule has 1 aromatic carbocycles. The largest absolute Gasteiger partial charge is 0.493 e. The number of nitrogens with zero attached hydrogens (tertiary/aromatic N) is 1. The van der Waals surface area contributed by atoms with E-state index in [0.29, 0.717) is 18.0 Å². The van der Waals surface area contributed by atoms with Gasteiger partial charge in [0.2, 0.25) is 0 Å². The molecule has 1 aliphatic rings. The number of aromatic amines is 1. The molecule has 5 nitrogen and oxygen atoms in total. The third kappa shape index (κ3) is 1.54. The molecule has 1 fully saturated rings. The summed E-state index contributed by atoms with van der Waals surface area (Å²) < 4.78 is 10.6. The third-order valence-corrected chi connectivity index (χ3v) is 3.73. The third-order valence-electron chi connectivity index (χ3n) is 3.73. The molecule has 0 spiro atoms. The van der Waals surface area contributed by atoms with Crippen molar-refractivity contribution in [2.45, 2.75) is 18.3 Å². The predicted octanol–water partition coefficient (Wildman–Crippen LogP) is 1.57. The average molecular weight is 247 g/mol. The van der Waals surface area contributed by atoms with Crippen molar-refractivity contribution < 1.29 is 9.47 Å². The second-order valence-corrected chi connectivity index (χ2v) is 4.79. The van der Waals surface area contributed by atoms with Gasteiger partial charge in [0.15, 0.2) is 11.5 Å². The summed E-state index contributed by atoms with van der Waals surface area (Å²) in [7, 11) is 3.25. The Hall–Kier alpha value is -1.75. The standard InChI is InChI=1S/C13H17N3O2/c1-17-10-5-8-9(6-11(10)18-2)16-12(15-8)13(7-14)3-4-13/h5-6H,3-4,7,14H2,1-2H3,(H,15,16). The second kappa shape index (κ2) is 3.88. The number of benzene rings is 1. The quantitative estimate of drug-likeness (QED) is 0.860. The summed E-state index contributed by atoms with van der Waals surface area (Å²) in [5.41, 5.74) is 7.75. The molecule has 0 atom stereocenters. The molecule has 0 radical (unpaired) electrons. The van der Waals surface area contributed by atoms with Crippen molar-refractivity contribution in [3.05, 3.63) is 18.0 Å². The number of nitrogens with one attached hydrogen (secondary N) is 1. The van der Waals surface area contributed by atoms with Crippen LogP contribution in [0.5, 0.6) is 11.5 Å². The van der Waals surface area contributed by atoms with Gasteiger partial charge in [0.05, 0.1) is 25.3 Å². The number of hydrogen-bond acceptors (Lipinski definition) is 4. The maximum absolute atomic E-state index is 5.83. The number of methoxy groups -OCH3 is 2. The molecule has 3 rings (SSSR count). The topological polar surface area (TPSA) is 73.2 Å². The van der Waals surface area contributed by atoms with E-state index in [1.165, 1.54) is 0 Å². The highest BCUT2D eigenvalue weighted by Crippen LogP contribution is 2.46. The van der Waals surface area contributed by atoms with E-state index in [4.69, 9.17) is 15.2 Å². The van der Waals surface area contributed by atoms with Crippen LogP contribution in [-0.4, -0.2) is 30.7 Å². The van der Waals surface area contributed by atoms with Crippen molar-refractivity contribution in [2.75, 3.05) is 20.8 Å². The van der Waals surface area contributed by atoms with Crippen LogP contribution in [0.4, 0.5) is 0 Å². The lowest BCUT2D eigenvalue weighted by Gasteiger charge is -2.06. The molecule has 1 aromatic heterocycles. The molecule has 0 bridgehead atoms. The molecule has 0 saturated heterocycles. The van der Waals surface area contributed by atoms with Crippen LogP contribution in [0, 0.1) is 0 Å². The Bertz CT molecular complexity index is 546. The number of aromatic nitrogens is 2. The van der Waals surface area contributed by atoms with Crippen molar-refractivity contribution in [3.8, 4) is 11.5 Å². The van der Waals surface area contributed by atoms with Gasteiger partial charge in [-0.3, -0.25) is 0 Å². The fourth-order valence-corrected chi connectivity index (χ4v) is 2.28. The minimum Gasteiger partial charge on any atom is -0.493 e. The van der Waals surface area contributed by atoms with Gasteiger partial charge < -0.3 is 20.2 Å². The lowest BCUT2D eigenvalue weighted by atomic mass is 10.1. The van der Waals surface area contributed by atoms with E-state index in [1.54, 1.807) is 14.2 Å². The molecular weight excluding hydrogens is 230 g/mol. The molecule has 0 unspecified atom stereocenters. The number of rotatable bonds is 4. The van der Waals surface area contributed by atoms with Crippen molar-refractivity contribution in [1.29, 1.82) is 0 Å². The zero-order chi connectivity index (χ0) is 12.8. The Morgan fingerprint density at radius 2 is 1.94 bits per heavy atom. The fourth-order valence-electron chi connectivity index (χ4n) is 2.28. The molecule has 3 N–H and O–H groups in total. The summed E-state index contributed by atoms with van der Waals surface area (Å²) in [5, 5.41) is 0. The van der Waals surface area contributed by atoms with Gasteiger partial charge in [-0.1, -0.05) is 0 Å². The van der Waals surface area contributed by atoms with Crippen LogP contribution in [0.15, 0.2) is 12.1 Å². The molecule has 1 aliphatic carbocycles. The van der Waals surface area contributed by atoms with Crippen LogP contribution in [-0.2, 0) is 5.41 Å². The van der Waals surface area contributed by atoms with Crippen LogP contribution >= 0.6 is 0 Å². The highest BCUT2D eigenvalue weighted by Gasteiger charge is 2.45. The lowest BCUT2D eigenvalue weighted by Crippen LogP contribution is -2.20. The van der Waals surface area contributed by atoms with E-state index < -0.39 is 0 Å². The molecular formula is C13H17N3O2. The van der Waals surface area contributed by atoms with Gasteiger partial charge in [0.1, 0.15) is 5.82 Å². The van der Waals surface area contributed by atoms with Crippen LogP contribution in [0.3, 0.4) is 0 Å². The molecule has 5 heteroatoms. The number of H-pyrrole nitrogens is 1. The number of fused-ring (bicyclic) bond motifs is 1. The molecule has 0 amide bonds. The van der Waals surface area contributed by atoms with Gasteiger partial charge in [-0.25, -0.2) is 4.98 Å². The first kappa shape index (κ1) is 11.3. The van der Waals surface area contributed by atoms with Crippen LogP contribution in [0.2, 0.25) is 0 Å². The summed E-state index contributed by atoms with van der Waals surface area (Å²) >= 11 is 0. The van der Waals surface area contributed by atoms with Crippen LogP contribution in [0.1, 0.15) is 18.7 Å². The highest BCUT2D eigenvalue weighted by molar-refractivity contribution is 5.80. The fraction of sp³-hybridized carbons (Fsp3) is 0.462. The molecule has 1 saturated carbocycles. The predicted molar refractivity (Wildman–Crippen MR) is 69.2 cm³/mol. The van der Waals surface area contributed by atoms with Crippen LogP contribution < -0.4 is 15.2 Å². The van der Waals surface area contributed by atoms with Gasteiger partial charge in [-0.2, -0.15) is 0 Å². The summed E-state index contributed by atoms with van der Waals surface area (Å²) in [6.45, 7) is 0.640. The minimum atomic E-state index is 0.0689. The van der Waals surface area contributed by atoms with Crippen LogP contribution in [0.25, 0.3) is 11.0 Å². The molecule has 96 valence electrons. The van der Waals surface area contributed by atoms with E-state index in [2.05, 4.69) is 9.97 Å². The normalized spacial score (nSPS) is 16.8. The average Bonchev–Trinajstić information content (AvgIpc) is 3.10. The lowest BCUT2D eigenvalue weighted by molar-refractivity contribution is 0.356. The van der Waals surface area contributed by atoms with Crippen molar-refractivity contribution in [2.24, 2.45) is 5.73 Å². The van der Waals surface area contributed by atoms with E-state index in [9.17, 15) is 0 Å². The second-order valence-electron chi connectivity index (χ2n) is 4.79. The maximum Gasteiger partial charge on any atom is 0.163 e. The maximum atomic E-state index is 5.83. The van der Waals surface area contributed by atoms with E-state index >= 15 is 0 Å². The molecule has 2 aromatic rings. The Kier molecular flexibility index (Phi) is 2.45. The Labute approximate surface area is 105 Å². The Morgan fingerprint density at radius 3 is 2.50 bits per heavy atom. The summed E-state index contributed by atoms with van der Waals surface area (Å²) in [6, 6.07) is 3.80. The van der Waals surface area contributed by atoms with E-state index in [-0.39, 0.29) is 5.41 Å². The smallest absolute Gasteiger partial charge is 0.163 e. The molecule has 0 aliphatic heterocycles. The molecule has 1 heterocycles. The first-order valence-corrected chi connectivity index (χ1v) is 6.05. The van der Waals surface area contributed by atoms with Gasteiger partial charge in [-0.05, 0) is 12.8 Å². The summed E-state index contributed by atoms with van der Waals surface area (Å²) in [6.07, 6.45) is 2.22. The van der Waals surface area contributed by atoms with Crippen molar-refractivity contribution in [3.63, 3.8) is 0 Å². The summed E-state index contributed by atoms with van der Waals surface area (Å²) in [4.78, 5) is 7.98. The Balaban J connectivity index is 2.12. The number of imidazole rings is 1. The van der Waals surface area contributed by atoms with Gasteiger partial charge in [-0.15, -0.1) is 0 Å². The van der Waals surface area contributed by atoms with Gasteiger partial charge in [0, 0.05) is 24.1 Å². The zero-order valence-corrected chi connectivity index (χ0v) is 10.6. The van der Waals surface area contributed by atoms with Gasteiger partial charge in [0.25, 0.3) is 0 Å².